The van der Waals surface area contributed by atoms with Gasteiger partial charge in [-0.05, 0) is 155 Å². The van der Waals surface area contributed by atoms with E-state index in [0.29, 0.717) is 29.2 Å². The van der Waals surface area contributed by atoms with E-state index in [1.807, 2.05) is 0 Å². The van der Waals surface area contributed by atoms with Gasteiger partial charge < -0.3 is 10.2 Å². The van der Waals surface area contributed by atoms with Crippen LogP contribution in [0, 0.1) is 17.3 Å². The normalized spacial score (nSPS) is 20.2. The fraction of sp³-hybridized carbons (Fsp3) is 0.556. The van der Waals surface area contributed by atoms with Gasteiger partial charge in [0.2, 0.25) is 0 Å². The summed E-state index contributed by atoms with van der Waals surface area (Å²) in [7, 11) is 0. The predicted molar refractivity (Wildman–Crippen MR) is 150 cm³/mol. The van der Waals surface area contributed by atoms with E-state index in [0.717, 1.165) is 18.8 Å². The Labute approximate surface area is 231 Å². The van der Waals surface area contributed by atoms with Crippen molar-refractivity contribution in [3.05, 3.63) is 53.3 Å². The van der Waals surface area contributed by atoms with Crippen molar-refractivity contribution >= 4 is 63.7 Å². The van der Waals surface area contributed by atoms with Gasteiger partial charge in [0.05, 0.1) is 17.9 Å². The largest absolute Gasteiger partial charge is 0.506 e. The zero-order chi connectivity index (χ0) is 24.0. The molecule has 2 aromatic carbocycles. The molecule has 2 aliphatic rings. The Balaban J connectivity index is 1.73. The molecule has 2 saturated carbocycles. The summed E-state index contributed by atoms with van der Waals surface area (Å²) in [5.41, 5.74) is 2.56. The van der Waals surface area contributed by atoms with E-state index in [2.05, 4.69) is 102 Å². The molecule has 0 saturated heterocycles. The Morgan fingerprint density at radius 2 is 1.03 bits per heavy atom. The number of hydrogen-bond acceptors (Lipinski definition) is 2. The molecule has 0 bridgehead atoms. The lowest BCUT2D eigenvalue weighted by Gasteiger charge is -2.49. The molecule has 2 N–H and O–H groups in total. The maximum absolute atomic E-state index is 10.4. The number of phenolic OH excluding ortho intramolecular Hbond substituents is 2. The monoisotopic (exact) mass is 704 g/mol. The van der Waals surface area contributed by atoms with E-state index in [1.165, 1.54) is 56.1 Å². The van der Waals surface area contributed by atoms with Gasteiger partial charge >= 0.3 is 0 Å². The predicted octanol–water partition coefficient (Wildman–Crippen LogP) is 10.2. The lowest BCUT2D eigenvalue weighted by Crippen LogP contribution is -2.41. The van der Waals surface area contributed by atoms with Crippen LogP contribution < -0.4 is 0 Å². The van der Waals surface area contributed by atoms with Crippen molar-refractivity contribution < 1.29 is 10.2 Å². The molecule has 0 atom stereocenters. The van der Waals surface area contributed by atoms with Crippen LogP contribution in [0.3, 0.4) is 0 Å². The van der Waals surface area contributed by atoms with E-state index in [4.69, 9.17) is 0 Å². The van der Waals surface area contributed by atoms with Crippen molar-refractivity contribution in [2.45, 2.75) is 77.0 Å². The summed E-state index contributed by atoms with van der Waals surface area (Å²) in [5.74, 6) is 2.00. The zero-order valence-corrected chi connectivity index (χ0v) is 25.6. The van der Waals surface area contributed by atoms with Crippen LogP contribution in [0.15, 0.2) is 42.2 Å². The van der Waals surface area contributed by atoms with Crippen molar-refractivity contribution in [2.24, 2.45) is 17.3 Å². The molecule has 0 unspecified atom stereocenters. The molecule has 2 aliphatic carbocycles. The molecule has 4 rings (SSSR count). The fourth-order valence-electron chi connectivity index (χ4n) is 6.46. The van der Waals surface area contributed by atoms with Crippen LogP contribution in [-0.2, 0) is 5.41 Å². The molecule has 0 heterocycles. The lowest BCUT2D eigenvalue weighted by atomic mass is 9.55. The first-order chi connectivity index (χ1) is 15.6. The summed E-state index contributed by atoms with van der Waals surface area (Å²) in [4.78, 5) is 0. The Morgan fingerprint density at radius 1 is 0.667 bits per heavy atom. The molecular weight excluding hydrogens is 676 g/mol. The van der Waals surface area contributed by atoms with Crippen LogP contribution >= 0.6 is 63.7 Å². The average molecular weight is 708 g/mol. The van der Waals surface area contributed by atoms with Gasteiger partial charge in [0.1, 0.15) is 11.5 Å². The molecule has 6 heteroatoms. The third-order valence-corrected chi connectivity index (χ3v) is 11.1. The summed E-state index contributed by atoms with van der Waals surface area (Å²) in [5, 5.41) is 20.7. The molecule has 0 aromatic heterocycles. The van der Waals surface area contributed by atoms with Crippen LogP contribution in [0.1, 0.15) is 82.8 Å². The molecule has 0 radical (unpaired) electrons. The Hall–Kier alpha value is -0.0400. The van der Waals surface area contributed by atoms with Gasteiger partial charge in [0, 0.05) is 5.41 Å². The second-order valence-electron chi connectivity index (χ2n) is 10.6. The molecule has 2 nitrogen and oxygen atoms in total. The zero-order valence-electron chi connectivity index (χ0n) is 19.2. The summed E-state index contributed by atoms with van der Waals surface area (Å²) in [6.07, 6.45) is 11.4. The van der Waals surface area contributed by atoms with Gasteiger partial charge in [-0.1, -0.05) is 33.1 Å². The summed E-state index contributed by atoms with van der Waals surface area (Å²) >= 11 is 14.2. The van der Waals surface area contributed by atoms with Crippen molar-refractivity contribution in [3.8, 4) is 11.5 Å². The smallest absolute Gasteiger partial charge is 0.143 e. The summed E-state index contributed by atoms with van der Waals surface area (Å²) in [6, 6.07) is 8.28. The summed E-state index contributed by atoms with van der Waals surface area (Å²) < 4.78 is 2.81. The van der Waals surface area contributed by atoms with Gasteiger partial charge in [0.15, 0.2) is 0 Å². The minimum atomic E-state index is -0.184. The first-order valence-electron chi connectivity index (χ1n) is 11.9. The molecule has 2 fully saturated rings. The van der Waals surface area contributed by atoms with Gasteiger partial charge in [-0.25, -0.2) is 0 Å². The van der Waals surface area contributed by atoms with Gasteiger partial charge in [-0.3, -0.25) is 0 Å². The van der Waals surface area contributed by atoms with Gasteiger partial charge in [0.25, 0.3) is 0 Å². The highest BCUT2D eigenvalue weighted by molar-refractivity contribution is 9.11. The Kier molecular flexibility index (Phi) is 8.00. The maximum atomic E-state index is 10.4. The quantitative estimate of drug-likeness (QED) is 0.332. The standard InChI is InChI=1S/C27H32Br4O2/c1-26(2,16-6-4-3-5-7-16)17-8-10-27(11-9-17,18-12-20(28)24(32)21(29)13-18)19-14-22(30)25(33)23(31)15-19/h12-17,32-33H,3-11H2,1-2H3. The number of hydrogen-bond donors (Lipinski definition) is 2. The Morgan fingerprint density at radius 3 is 1.42 bits per heavy atom. The minimum Gasteiger partial charge on any atom is -0.506 e. The Bertz CT molecular complexity index is 913. The van der Waals surface area contributed by atoms with Crippen LogP contribution in [0.2, 0.25) is 0 Å². The van der Waals surface area contributed by atoms with Crippen molar-refractivity contribution in [2.75, 3.05) is 0 Å². The van der Waals surface area contributed by atoms with E-state index in [-0.39, 0.29) is 16.9 Å². The number of halogens is 4. The second-order valence-corrected chi connectivity index (χ2v) is 14.0. The highest BCUT2D eigenvalue weighted by atomic mass is 79.9. The topological polar surface area (TPSA) is 40.5 Å². The van der Waals surface area contributed by atoms with E-state index in [9.17, 15) is 10.2 Å². The molecule has 2 aromatic rings. The molecule has 0 amide bonds. The minimum absolute atomic E-state index is 0.184. The second kappa shape index (κ2) is 10.1. The van der Waals surface area contributed by atoms with Crippen molar-refractivity contribution in [3.63, 3.8) is 0 Å². The SMILES string of the molecule is CC(C)(C1CCCCC1)C1CCC(c2cc(Br)c(O)c(Br)c2)(c2cc(Br)c(O)c(Br)c2)CC1. The van der Waals surface area contributed by atoms with Crippen LogP contribution in [0.5, 0.6) is 11.5 Å². The van der Waals surface area contributed by atoms with Crippen LogP contribution in [0.25, 0.3) is 0 Å². The van der Waals surface area contributed by atoms with Crippen LogP contribution in [-0.4, -0.2) is 10.2 Å². The number of rotatable bonds is 4. The number of aromatic hydroxyl groups is 2. The highest BCUT2D eigenvalue weighted by Crippen LogP contribution is 2.56. The van der Waals surface area contributed by atoms with Gasteiger partial charge in [-0.2, -0.15) is 0 Å². The third kappa shape index (κ3) is 4.97. The molecule has 33 heavy (non-hydrogen) atoms. The first kappa shape index (κ1) is 26.0. The third-order valence-electron chi connectivity index (χ3n) is 8.69. The highest BCUT2D eigenvalue weighted by Gasteiger charge is 2.45. The van der Waals surface area contributed by atoms with E-state index >= 15 is 0 Å². The molecular formula is C27H32Br4O2. The number of benzene rings is 2. The average Bonchev–Trinajstić information content (AvgIpc) is 2.81. The maximum Gasteiger partial charge on any atom is 0.143 e. The van der Waals surface area contributed by atoms with Crippen LogP contribution in [0.4, 0.5) is 0 Å². The summed E-state index contributed by atoms with van der Waals surface area (Å²) in [6.45, 7) is 5.03. The van der Waals surface area contributed by atoms with E-state index < -0.39 is 0 Å². The molecule has 0 spiro atoms. The first-order valence-corrected chi connectivity index (χ1v) is 15.1. The van der Waals surface area contributed by atoms with Crippen molar-refractivity contribution in [1.82, 2.24) is 0 Å². The molecule has 0 aliphatic heterocycles. The number of phenols is 2. The molecule has 180 valence electrons. The van der Waals surface area contributed by atoms with E-state index in [1.54, 1.807) is 0 Å². The lowest BCUT2D eigenvalue weighted by molar-refractivity contribution is 0.0467. The fourth-order valence-corrected chi connectivity index (χ4v) is 8.84. The van der Waals surface area contributed by atoms with Crippen molar-refractivity contribution in [1.29, 1.82) is 0 Å². The van der Waals surface area contributed by atoms with Gasteiger partial charge in [-0.15, -0.1) is 0 Å².